The van der Waals surface area contributed by atoms with Crippen LogP contribution in [0.5, 0.6) is 0 Å². The van der Waals surface area contributed by atoms with Gasteiger partial charge in [0, 0.05) is 24.4 Å². The lowest BCUT2D eigenvalue weighted by molar-refractivity contribution is -0.131. The second-order valence-corrected chi connectivity index (χ2v) is 6.67. The lowest BCUT2D eigenvalue weighted by Crippen LogP contribution is -2.48. The summed E-state index contributed by atoms with van der Waals surface area (Å²) in [6.07, 6.45) is 3.79. The van der Waals surface area contributed by atoms with Gasteiger partial charge in [0.05, 0.1) is 23.2 Å². The normalized spacial score (nSPS) is 31.5. The zero-order valence-electron chi connectivity index (χ0n) is 11.2. The van der Waals surface area contributed by atoms with Crippen LogP contribution in [-0.2, 0) is 11.2 Å². The Morgan fingerprint density at radius 3 is 3.00 bits per heavy atom. The Labute approximate surface area is 117 Å². The van der Waals surface area contributed by atoms with Gasteiger partial charge >= 0.3 is 0 Å². The van der Waals surface area contributed by atoms with E-state index in [1.165, 1.54) is 17.8 Å². The minimum absolute atomic E-state index is 0.0907. The van der Waals surface area contributed by atoms with Crippen LogP contribution in [0.15, 0.2) is 10.9 Å². The molecule has 1 amide bonds. The summed E-state index contributed by atoms with van der Waals surface area (Å²) in [6, 6.07) is 0. The van der Waals surface area contributed by atoms with Crippen LogP contribution in [0.3, 0.4) is 0 Å². The number of rotatable bonds is 3. The lowest BCUT2D eigenvalue weighted by atomic mass is 9.69. The average Bonchev–Trinajstić information content (AvgIpc) is 2.86. The maximum Gasteiger partial charge on any atom is 0.228 e. The van der Waals surface area contributed by atoms with Crippen molar-refractivity contribution >= 4 is 17.2 Å². The van der Waals surface area contributed by atoms with E-state index >= 15 is 0 Å². The fraction of sp³-hybridized carbons (Fsp3) is 0.714. The van der Waals surface area contributed by atoms with Crippen molar-refractivity contribution in [2.24, 2.45) is 11.8 Å². The van der Waals surface area contributed by atoms with Crippen LogP contribution in [-0.4, -0.2) is 39.6 Å². The van der Waals surface area contributed by atoms with E-state index in [9.17, 15) is 9.90 Å². The first-order valence-electron chi connectivity index (χ1n) is 6.97. The SMILES string of the molecule is CC1CN(C(=O)Cc2cscn2)CC1(O)C1CCC1. The maximum absolute atomic E-state index is 12.3. The van der Waals surface area contributed by atoms with E-state index in [0.29, 0.717) is 25.4 Å². The molecule has 0 aromatic carbocycles. The highest BCUT2D eigenvalue weighted by Crippen LogP contribution is 2.44. The van der Waals surface area contributed by atoms with Gasteiger partial charge in [0.25, 0.3) is 0 Å². The molecular weight excluding hydrogens is 260 g/mol. The molecule has 1 saturated heterocycles. The molecule has 1 saturated carbocycles. The van der Waals surface area contributed by atoms with E-state index in [0.717, 1.165) is 18.5 Å². The van der Waals surface area contributed by atoms with Crippen molar-refractivity contribution in [3.8, 4) is 0 Å². The maximum atomic E-state index is 12.3. The molecule has 4 nitrogen and oxygen atoms in total. The molecule has 2 fully saturated rings. The largest absolute Gasteiger partial charge is 0.387 e. The van der Waals surface area contributed by atoms with Crippen LogP contribution in [0.25, 0.3) is 0 Å². The van der Waals surface area contributed by atoms with E-state index in [1.807, 2.05) is 10.3 Å². The monoisotopic (exact) mass is 280 g/mol. The second-order valence-electron chi connectivity index (χ2n) is 5.95. The molecule has 3 rings (SSSR count). The van der Waals surface area contributed by atoms with Gasteiger partial charge in [-0.3, -0.25) is 4.79 Å². The predicted octanol–water partition coefficient (Wildman–Crippen LogP) is 1.70. The fourth-order valence-electron chi connectivity index (χ4n) is 3.24. The summed E-state index contributed by atoms with van der Waals surface area (Å²) in [5, 5.41) is 12.7. The van der Waals surface area contributed by atoms with E-state index in [1.54, 1.807) is 5.51 Å². The number of carbonyl (C=O) groups is 1. The van der Waals surface area contributed by atoms with Crippen molar-refractivity contribution < 1.29 is 9.90 Å². The first-order valence-corrected chi connectivity index (χ1v) is 7.91. The zero-order chi connectivity index (χ0) is 13.5. The molecule has 2 unspecified atom stereocenters. The topological polar surface area (TPSA) is 53.4 Å². The van der Waals surface area contributed by atoms with Gasteiger partial charge in [-0.1, -0.05) is 13.3 Å². The summed E-state index contributed by atoms with van der Waals surface area (Å²) in [5.74, 6) is 0.657. The highest BCUT2D eigenvalue weighted by molar-refractivity contribution is 7.07. The summed E-state index contributed by atoms with van der Waals surface area (Å²) in [4.78, 5) is 18.2. The van der Waals surface area contributed by atoms with Crippen molar-refractivity contribution in [2.45, 2.75) is 38.2 Å². The molecule has 2 aliphatic rings. The Bertz CT molecular complexity index is 458. The number of amides is 1. The molecule has 1 aliphatic heterocycles. The predicted molar refractivity (Wildman–Crippen MR) is 73.9 cm³/mol. The number of nitrogens with zero attached hydrogens (tertiary/aromatic N) is 2. The van der Waals surface area contributed by atoms with E-state index in [4.69, 9.17) is 0 Å². The smallest absolute Gasteiger partial charge is 0.228 e. The molecule has 1 aliphatic carbocycles. The number of hydrogen-bond donors (Lipinski definition) is 1. The Kier molecular flexibility index (Phi) is 3.35. The summed E-state index contributed by atoms with van der Waals surface area (Å²) < 4.78 is 0. The molecule has 2 heterocycles. The van der Waals surface area contributed by atoms with E-state index < -0.39 is 5.60 Å². The quantitative estimate of drug-likeness (QED) is 0.917. The van der Waals surface area contributed by atoms with E-state index in [-0.39, 0.29) is 11.8 Å². The Morgan fingerprint density at radius 2 is 2.42 bits per heavy atom. The Hall–Kier alpha value is -0.940. The number of carbonyl (C=O) groups excluding carboxylic acids is 1. The number of aromatic nitrogens is 1. The molecule has 19 heavy (non-hydrogen) atoms. The van der Waals surface area contributed by atoms with Gasteiger partial charge in [0.1, 0.15) is 0 Å². The van der Waals surface area contributed by atoms with Crippen LogP contribution in [0.1, 0.15) is 31.9 Å². The number of hydrogen-bond acceptors (Lipinski definition) is 4. The summed E-state index contributed by atoms with van der Waals surface area (Å²) in [6.45, 7) is 3.24. The number of aliphatic hydroxyl groups is 1. The van der Waals surface area contributed by atoms with Gasteiger partial charge in [-0.25, -0.2) is 4.98 Å². The molecule has 1 aromatic heterocycles. The minimum Gasteiger partial charge on any atom is -0.387 e. The van der Waals surface area contributed by atoms with Gasteiger partial charge in [-0.05, 0) is 18.8 Å². The molecule has 0 radical (unpaired) electrons. The second kappa shape index (κ2) is 4.87. The van der Waals surface area contributed by atoms with Crippen molar-refractivity contribution in [3.63, 3.8) is 0 Å². The van der Waals surface area contributed by atoms with Crippen molar-refractivity contribution in [3.05, 3.63) is 16.6 Å². The molecular formula is C14H20N2O2S. The number of thiazole rings is 1. The van der Waals surface area contributed by atoms with Gasteiger partial charge in [0.2, 0.25) is 5.91 Å². The lowest BCUT2D eigenvalue weighted by Gasteiger charge is -2.41. The van der Waals surface area contributed by atoms with Crippen LogP contribution in [0, 0.1) is 11.8 Å². The third-order valence-electron chi connectivity index (χ3n) is 4.77. The molecule has 0 spiro atoms. The van der Waals surface area contributed by atoms with Gasteiger partial charge in [-0.2, -0.15) is 0 Å². The van der Waals surface area contributed by atoms with Crippen LogP contribution in [0.4, 0.5) is 0 Å². The third-order valence-corrected chi connectivity index (χ3v) is 5.41. The highest BCUT2D eigenvalue weighted by atomic mass is 32.1. The molecule has 104 valence electrons. The molecule has 5 heteroatoms. The summed E-state index contributed by atoms with van der Waals surface area (Å²) in [7, 11) is 0. The van der Waals surface area contributed by atoms with Gasteiger partial charge in [0.15, 0.2) is 0 Å². The molecule has 2 atom stereocenters. The van der Waals surface area contributed by atoms with Crippen molar-refractivity contribution in [1.29, 1.82) is 0 Å². The summed E-state index contributed by atoms with van der Waals surface area (Å²) >= 11 is 1.51. The molecule has 1 aromatic rings. The first kappa shape index (κ1) is 13.1. The van der Waals surface area contributed by atoms with Crippen LogP contribution < -0.4 is 0 Å². The van der Waals surface area contributed by atoms with E-state index in [2.05, 4.69) is 11.9 Å². The average molecular weight is 280 g/mol. The minimum atomic E-state index is -0.657. The first-order chi connectivity index (χ1) is 9.09. The van der Waals surface area contributed by atoms with Crippen molar-refractivity contribution in [2.75, 3.05) is 13.1 Å². The standard InChI is InChI=1S/C14H20N2O2S/c1-10-6-16(8-14(10,18)11-3-2-4-11)13(17)5-12-7-19-9-15-12/h7,9-11,18H,2-6,8H2,1H3. The number of β-amino-alcohol motifs (C(OH)–C–C–N with tert-alkyl or cyclic N) is 1. The number of likely N-dealkylation sites (tertiary alicyclic amines) is 1. The molecule has 1 N–H and O–H groups in total. The molecule has 0 bridgehead atoms. The highest BCUT2D eigenvalue weighted by Gasteiger charge is 2.50. The summed E-state index contributed by atoms with van der Waals surface area (Å²) in [5.41, 5.74) is 1.93. The Balaban J connectivity index is 1.65. The van der Waals surface area contributed by atoms with Crippen molar-refractivity contribution in [1.82, 2.24) is 9.88 Å². The van der Waals surface area contributed by atoms with Gasteiger partial charge < -0.3 is 10.0 Å². The fourth-order valence-corrected chi connectivity index (χ4v) is 3.79. The zero-order valence-corrected chi connectivity index (χ0v) is 12.0. The van der Waals surface area contributed by atoms with Gasteiger partial charge in [-0.15, -0.1) is 11.3 Å². The third kappa shape index (κ3) is 2.30. The van der Waals surface area contributed by atoms with Crippen LogP contribution >= 0.6 is 11.3 Å². The van der Waals surface area contributed by atoms with Crippen LogP contribution in [0.2, 0.25) is 0 Å². The Morgan fingerprint density at radius 1 is 1.63 bits per heavy atom.